The molecule has 1 saturated carbocycles. The van der Waals surface area contributed by atoms with Gasteiger partial charge in [-0.3, -0.25) is 0 Å². The standard InChI is InChI=1S/C16H23FN2/c1-11(18)14-10-13(17)6-7-16(14)19-9-8-12-4-2-3-5-15(12)19/h6-7,10-12,15H,2-5,8-9,18H2,1H3/t11-,12?,15?/m0/s1. The summed E-state index contributed by atoms with van der Waals surface area (Å²) >= 11 is 0. The maximum absolute atomic E-state index is 13.5. The largest absolute Gasteiger partial charge is 0.368 e. The van der Waals surface area contributed by atoms with E-state index in [0.717, 1.165) is 23.7 Å². The molecule has 0 spiro atoms. The van der Waals surface area contributed by atoms with Crippen LogP contribution < -0.4 is 10.6 Å². The molecule has 3 heteroatoms. The van der Waals surface area contributed by atoms with E-state index in [4.69, 9.17) is 5.73 Å². The topological polar surface area (TPSA) is 29.3 Å². The van der Waals surface area contributed by atoms with Crippen LogP contribution in [0.15, 0.2) is 18.2 Å². The highest BCUT2D eigenvalue weighted by Crippen LogP contribution is 2.40. The molecule has 2 aliphatic rings. The van der Waals surface area contributed by atoms with Gasteiger partial charge in [0.2, 0.25) is 0 Å². The summed E-state index contributed by atoms with van der Waals surface area (Å²) in [5.74, 6) is 0.648. The predicted octanol–water partition coefficient (Wildman–Crippen LogP) is 3.61. The molecule has 104 valence electrons. The lowest BCUT2D eigenvalue weighted by Gasteiger charge is -2.34. The molecule has 2 N–H and O–H groups in total. The average Bonchev–Trinajstić information content (AvgIpc) is 2.82. The van der Waals surface area contributed by atoms with Crippen LogP contribution in [0.5, 0.6) is 0 Å². The minimum absolute atomic E-state index is 0.117. The first kappa shape index (κ1) is 12.9. The molecular weight excluding hydrogens is 239 g/mol. The van der Waals surface area contributed by atoms with Crippen LogP contribution in [0.25, 0.3) is 0 Å². The van der Waals surface area contributed by atoms with E-state index in [1.54, 1.807) is 12.1 Å². The fourth-order valence-electron chi connectivity index (χ4n) is 3.86. The fourth-order valence-corrected chi connectivity index (χ4v) is 3.86. The lowest BCUT2D eigenvalue weighted by molar-refractivity contribution is 0.342. The van der Waals surface area contributed by atoms with Crippen molar-refractivity contribution in [3.8, 4) is 0 Å². The van der Waals surface area contributed by atoms with Crippen LogP contribution in [0.3, 0.4) is 0 Å². The number of benzene rings is 1. The SMILES string of the molecule is C[C@H](N)c1cc(F)ccc1N1CCC2CCCCC21. The summed E-state index contributed by atoms with van der Waals surface area (Å²) in [4.78, 5) is 2.49. The van der Waals surface area contributed by atoms with Gasteiger partial charge < -0.3 is 10.6 Å². The van der Waals surface area contributed by atoms with Gasteiger partial charge in [0.25, 0.3) is 0 Å². The van der Waals surface area contributed by atoms with Crippen LogP contribution in [0.2, 0.25) is 0 Å². The summed E-state index contributed by atoms with van der Waals surface area (Å²) in [5.41, 5.74) is 8.13. The number of hydrogen-bond acceptors (Lipinski definition) is 2. The molecule has 2 nitrogen and oxygen atoms in total. The van der Waals surface area contributed by atoms with Crippen molar-refractivity contribution in [1.82, 2.24) is 0 Å². The van der Waals surface area contributed by atoms with Gasteiger partial charge in [0.05, 0.1) is 0 Å². The molecule has 2 unspecified atom stereocenters. The summed E-state index contributed by atoms with van der Waals surface area (Å²) in [7, 11) is 0. The number of nitrogens with two attached hydrogens (primary N) is 1. The highest BCUT2D eigenvalue weighted by molar-refractivity contribution is 5.57. The Morgan fingerprint density at radius 2 is 2.05 bits per heavy atom. The Morgan fingerprint density at radius 1 is 1.26 bits per heavy atom. The lowest BCUT2D eigenvalue weighted by Crippen LogP contribution is -2.35. The van der Waals surface area contributed by atoms with Crippen molar-refractivity contribution in [3.05, 3.63) is 29.6 Å². The van der Waals surface area contributed by atoms with Crippen LogP contribution in [0.1, 0.15) is 50.6 Å². The minimum atomic E-state index is -0.185. The van der Waals surface area contributed by atoms with Crippen molar-refractivity contribution in [2.75, 3.05) is 11.4 Å². The highest BCUT2D eigenvalue weighted by Gasteiger charge is 2.36. The molecule has 0 bridgehead atoms. The quantitative estimate of drug-likeness (QED) is 0.882. The van der Waals surface area contributed by atoms with E-state index in [2.05, 4.69) is 4.90 Å². The normalized spacial score (nSPS) is 28.3. The van der Waals surface area contributed by atoms with Gasteiger partial charge >= 0.3 is 0 Å². The summed E-state index contributed by atoms with van der Waals surface area (Å²) in [6, 6.07) is 5.63. The van der Waals surface area contributed by atoms with Crippen molar-refractivity contribution in [3.63, 3.8) is 0 Å². The third kappa shape index (κ3) is 2.36. The number of fused-ring (bicyclic) bond motifs is 1. The van der Waals surface area contributed by atoms with Crippen LogP contribution in [-0.4, -0.2) is 12.6 Å². The molecule has 0 radical (unpaired) electrons. The van der Waals surface area contributed by atoms with Crippen LogP contribution in [-0.2, 0) is 0 Å². The van der Waals surface area contributed by atoms with Gasteiger partial charge in [-0.1, -0.05) is 12.8 Å². The molecule has 1 aliphatic carbocycles. The van der Waals surface area contributed by atoms with Gasteiger partial charge in [-0.05, 0) is 55.9 Å². The maximum atomic E-state index is 13.5. The van der Waals surface area contributed by atoms with Crippen molar-refractivity contribution >= 4 is 5.69 Å². The van der Waals surface area contributed by atoms with Crippen molar-refractivity contribution in [2.24, 2.45) is 11.7 Å². The van der Waals surface area contributed by atoms with Crippen molar-refractivity contribution in [2.45, 2.75) is 51.1 Å². The molecule has 0 amide bonds. The van der Waals surface area contributed by atoms with Crippen molar-refractivity contribution in [1.29, 1.82) is 0 Å². The second kappa shape index (κ2) is 5.12. The monoisotopic (exact) mass is 262 g/mol. The Labute approximate surface area is 114 Å². The number of anilines is 1. The first-order valence-corrected chi connectivity index (χ1v) is 7.48. The Balaban J connectivity index is 1.93. The second-order valence-corrected chi connectivity index (χ2v) is 6.09. The third-order valence-corrected chi connectivity index (χ3v) is 4.80. The number of rotatable bonds is 2. The van der Waals surface area contributed by atoms with E-state index < -0.39 is 0 Å². The van der Waals surface area contributed by atoms with E-state index in [0.29, 0.717) is 6.04 Å². The molecule has 19 heavy (non-hydrogen) atoms. The Kier molecular flexibility index (Phi) is 3.48. The molecule has 0 aromatic heterocycles. The zero-order chi connectivity index (χ0) is 13.4. The average molecular weight is 262 g/mol. The molecule has 3 rings (SSSR count). The summed E-state index contributed by atoms with van der Waals surface area (Å²) < 4.78 is 13.5. The Morgan fingerprint density at radius 3 is 2.84 bits per heavy atom. The molecule has 1 aromatic rings. The van der Waals surface area contributed by atoms with E-state index in [1.165, 1.54) is 32.1 Å². The molecule has 1 saturated heterocycles. The Hall–Kier alpha value is -1.09. The number of hydrogen-bond donors (Lipinski definition) is 1. The van der Waals surface area contributed by atoms with Crippen molar-refractivity contribution < 1.29 is 4.39 Å². The second-order valence-electron chi connectivity index (χ2n) is 6.09. The zero-order valence-corrected chi connectivity index (χ0v) is 11.6. The molecule has 1 aromatic carbocycles. The van der Waals surface area contributed by atoms with Crippen LogP contribution >= 0.6 is 0 Å². The molecule has 3 atom stereocenters. The minimum Gasteiger partial charge on any atom is -0.368 e. The molecular formula is C16H23FN2. The van der Waals surface area contributed by atoms with E-state index in [9.17, 15) is 4.39 Å². The predicted molar refractivity (Wildman–Crippen MR) is 76.7 cm³/mol. The van der Waals surface area contributed by atoms with E-state index in [1.807, 2.05) is 13.0 Å². The molecule has 1 aliphatic heterocycles. The maximum Gasteiger partial charge on any atom is 0.123 e. The summed E-state index contributed by atoms with van der Waals surface area (Å²) in [6.07, 6.45) is 6.61. The third-order valence-electron chi connectivity index (χ3n) is 4.80. The molecule has 1 heterocycles. The number of halogens is 1. The van der Waals surface area contributed by atoms with Gasteiger partial charge in [-0.2, -0.15) is 0 Å². The summed E-state index contributed by atoms with van der Waals surface area (Å²) in [6.45, 7) is 3.04. The lowest BCUT2D eigenvalue weighted by atomic mass is 9.85. The highest BCUT2D eigenvalue weighted by atomic mass is 19.1. The first-order chi connectivity index (χ1) is 9.16. The first-order valence-electron chi connectivity index (χ1n) is 7.48. The van der Waals surface area contributed by atoms with Gasteiger partial charge in [-0.15, -0.1) is 0 Å². The molecule has 2 fully saturated rings. The smallest absolute Gasteiger partial charge is 0.123 e. The van der Waals surface area contributed by atoms with Gasteiger partial charge in [0.15, 0.2) is 0 Å². The number of nitrogens with zero attached hydrogens (tertiary/aromatic N) is 1. The van der Waals surface area contributed by atoms with Crippen LogP contribution in [0, 0.1) is 11.7 Å². The van der Waals surface area contributed by atoms with Gasteiger partial charge in [0, 0.05) is 24.3 Å². The van der Waals surface area contributed by atoms with E-state index in [-0.39, 0.29) is 11.9 Å². The Bertz CT molecular complexity index is 458. The zero-order valence-electron chi connectivity index (χ0n) is 11.6. The van der Waals surface area contributed by atoms with Crippen LogP contribution in [0.4, 0.5) is 10.1 Å². The van der Waals surface area contributed by atoms with E-state index >= 15 is 0 Å². The fraction of sp³-hybridized carbons (Fsp3) is 0.625. The summed E-state index contributed by atoms with van der Waals surface area (Å²) in [5, 5.41) is 0. The van der Waals surface area contributed by atoms with Gasteiger partial charge in [0.1, 0.15) is 5.82 Å². The van der Waals surface area contributed by atoms with Gasteiger partial charge in [-0.25, -0.2) is 4.39 Å².